The molecule has 0 radical (unpaired) electrons. The van der Waals surface area contributed by atoms with Gasteiger partial charge in [0.15, 0.2) is 5.78 Å². The van der Waals surface area contributed by atoms with E-state index < -0.39 is 16.9 Å². The molecule has 0 spiro atoms. The Bertz CT molecular complexity index is 1170. The number of aromatic carboxylic acids is 1. The van der Waals surface area contributed by atoms with Gasteiger partial charge < -0.3 is 20.6 Å². The molecular weight excluding hydrogens is 406 g/mol. The van der Waals surface area contributed by atoms with Crippen molar-refractivity contribution in [2.75, 3.05) is 12.3 Å². The van der Waals surface area contributed by atoms with E-state index in [9.17, 15) is 19.5 Å². The Morgan fingerprint density at radius 3 is 2.77 bits per heavy atom. The smallest absolute Gasteiger partial charge is 0.338 e. The molecule has 1 aliphatic carbocycles. The number of fused-ring (bicyclic) bond motifs is 1. The fourth-order valence-corrected chi connectivity index (χ4v) is 5.14. The van der Waals surface area contributed by atoms with Crippen LogP contribution in [0.25, 0.3) is 0 Å². The standard InChI is InChI=1S/C21H19N3O5S/c22-18-15(20(27)28)13-6-7-21(17(25)16(13)30-18,12-4-2-1-3-5-12)8-9-29-14-10-23-11-24-19(14)26/h1-5,10-11H,6-9,22H2,(H,27,28)(H,23,24,26). The third-order valence-corrected chi connectivity index (χ3v) is 6.55. The highest BCUT2D eigenvalue weighted by molar-refractivity contribution is 7.18. The molecule has 0 saturated heterocycles. The molecule has 3 aromatic rings. The summed E-state index contributed by atoms with van der Waals surface area (Å²) in [6, 6.07) is 9.35. The van der Waals surface area contributed by atoms with Gasteiger partial charge in [0.1, 0.15) is 5.00 Å². The molecule has 0 bridgehead atoms. The number of nitrogen functional groups attached to an aromatic ring is 1. The van der Waals surface area contributed by atoms with Crippen molar-refractivity contribution in [1.82, 2.24) is 9.97 Å². The quantitative estimate of drug-likeness (QED) is 0.552. The second kappa shape index (κ2) is 7.75. The van der Waals surface area contributed by atoms with Gasteiger partial charge in [0.2, 0.25) is 5.75 Å². The number of aromatic nitrogens is 2. The minimum Gasteiger partial charge on any atom is -0.487 e. The van der Waals surface area contributed by atoms with E-state index in [0.29, 0.717) is 29.7 Å². The molecule has 9 heteroatoms. The number of anilines is 1. The second-order valence-electron chi connectivity index (χ2n) is 7.07. The van der Waals surface area contributed by atoms with Crippen LogP contribution in [-0.2, 0) is 11.8 Å². The average molecular weight is 425 g/mol. The van der Waals surface area contributed by atoms with Crippen molar-refractivity contribution >= 4 is 28.1 Å². The largest absolute Gasteiger partial charge is 0.487 e. The zero-order valence-corrected chi connectivity index (χ0v) is 16.7. The van der Waals surface area contributed by atoms with E-state index in [4.69, 9.17) is 10.5 Å². The second-order valence-corrected chi connectivity index (χ2v) is 8.13. The number of ketones is 1. The molecule has 154 valence electrons. The van der Waals surface area contributed by atoms with Gasteiger partial charge in [0.05, 0.1) is 35.0 Å². The van der Waals surface area contributed by atoms with Crippen LogP contribution in [0, 0.1) is 0 Å². The molecule has 30 heavy (non-hydrogen) atoms. The highest BCUT2D eigenvalue weighted by Crippen LogP contribution is 2.46. The molecule has 0 fully saturated rings. The molecule has 8 nitrogen and oxygen atoms in total. The van der Waals surface area contributed by atoms with Crippen LogP contribution in [0.15, 0.2) is 47.7 Å². The molecule has 2 aromatic heterocycles. The number of carbonyl (C=O) groups excluding carboxylic acids is 1. The number of rotatable bonds is 6. The monoisotopic (exact) mass is 425 g/mol. The first-order valence-corrected chi connectivity index (χ1v) is 10.2. The number of nitrogens with zero attached hydrogens (tertiary/aromatic N) is 1. The molecule has 1 aliphatic rings. The van der Waals surface area contributed by atoms with Gasteiger partial charge in [0.25, 0.3) is 5.56 Å². The van der Waals surface area contributed by atoms with Gasteiger partial charge in [-0.2, -0.15) is 0 Å². The maximum atomic E-state index is 13.7. The predicted octanol–water partition coefficient (Wildman–Crippen LogP) is 2.65. The summed E-state index contributed by atoms with van der Waals surface area (Å²) in [5.41, 5.74) is 6.00. The van der Waals surface area contributed by atoms with Gasteiger partial charge in [-0.1, -0.05) is 30.3 Å². The lowest BCUT2D eigenvalue weighted by molar-refractivity contribution is 0.0697. The molecule has 1 atom stereocenters. The van der Waals surface area contributed by atoms with E-state index in [0.717, 1.165) is 16.9 Å². The first kappa shape index (κ1) is 19.8. The molecule has 0 aliphatic heterocycles. The lowest BCUT2D eigenvalue weighted by Crippen LogP contribution is -2.41. The number of hydrogen-bond acceptors (Lipinski definition) is 7. The minimum atomic E-state index is -1.12. The summed E-state index contributed by atoms with van der Waals surface area (Å²) in [6.07, 6.45) is 3.76. The van der Waals surface area contributed by atoms with E-state index in [1.54, 1.807) is 0 Å². The zero-order valence-electron chi connectivity index (χ0n) is 15.9. The van der Waals surface area contributed by atoms with Gasteiger partial charge in [0, 0.05) is 0 Å². The third-order valence-electron chi connectivity index (χ3n) is 5.49. The molecule has 2 heterocycles. The number of thiophene rings is 1. The van der Waals surface area contributed by atoms with Crippen molar-refractivity contribution < 1.29 is 19.4 Å². The third kappa shape index (κ3) is 3.26. The van der Waals surface area contributed by atoms with Gasteiger partial charge in [-0.25, -0.2) is 9.78 Å². The van der Waals surface area contributed by atoms with Crippen LogP contribution in [0.3, 0.4) is 0 Å². The van der Waals surface area contributed by atoms with Crippen molar-refractivity contribution in [3.8, 4) is 5.75 Å². The Balaban J connectivity index is 1.70. The van der Waals surface area contributed by atoms with Crippen LogP contribution in [0.5, 0.6) is 5.75 Å². The highest BCUT2D eigenvalue weighted by atomic mass is 32.1. The van der Waals surface area contributed by atoms with Crippen LogP contribution in [0.4, 0.5) is 5.00 Å². The fourth-order valence-electron chi connectivity index (χ4n) is 3.99. The summed E-state index contributed by atoms with van der Waals surface area (Å²) in [5, 5.41) is 9.64. The van der Waals surface area contributed by atoms with Gasteiger partial charge in [-0.3, -0.25) is 9.59 Å². The van der Waals surface area contributed by atoms with E-state index >= 15 is 0 Å². The SMILES string of the molecule is Nc1sc2c(c1C(=O)O)CCC(CCOc1cnc[nH]c1=O)(c1ccccc1)C2=O. The zero-order chi connectivity index (χ0) is 21.3. The van der Waals surface area contributed by atoms with Gasteiger partial charge >= 0.3 is 5.97 Å². The number of ether oxygens (including phenoxy) is 1. The van der Waals surface area contributed by atoms with E-state index in [-0.39, 0.29) is 28.7 Å². The average Bonchev–Trinajstić information content (AvgIpc) is 3.09. The van der Waals surface area contributed by atoms with Crippen LogP contribution < -0.4 is 16.0 Å². The first-order chi connectivity index (χ1) is 14.4. The Morgan fingerprint density at radius 2 is 2.07 bits per heavy atom. The Kier molecular flexibility index (Phi) is 5.13. The van der Waals surface area contributed by atoms with E-state index in [1.165, 1.54) is 12.5 Å². The van der Waals surface area contributed by atoms with Crippen LogP contribution in [0.2, 0.25) is 0 Å². The normalized spacial score (nSPS) is 18.1. The number of Topliss-reactive ketones (excluding diaryl/α,β-unsaturated/α-hetero) is 1. The molecule has 4 N–H and O–H groups in total. The minimum absolute atomic E-state index is 0.0307. The molecular formula is C21H19N3O5S. The van der Waals surface area contributed by atoms with Crippen LogP contribution >= 0.6 is 11.3 Å². The lowest BCUT2D eigenvalue weighted by atomic mass is 9.66. The lowest BCUT2D eigenvalue weighted by Gasteiger charge is -2.36. The number of carboxylic acid groups (broad SMARTS) is 1. The number of H-pyrrole nitrogens is 1. The summed E-state index contributed by atoms with van der Waals surface area (Å²) < 4.78 is 5.62. The van der Waals surface area contributed by atoms with Crippen molar-refractivity contribution in [3.63, 3.8) is 0 Å². The molecule has 4 rings (SSSR count). The number of nitrogens with two attached hydrogens (primary N) is 1. The van der Waals surface area contributed by atoms with Crippen molar-refractivity contribution in [1.29, 1.82) is 0 Å². The van der Waals surface area contributed by atoms with Gasteiger partial charge in [-0.15, -0.1) is 11.3 Å². The number of carboxylic acids is 1. The summed E-state index contributed by atoms with van der Waals surface area (Å²) in [7, 11) is 0. The predicted molar refractivity (Wildman–Crippen MR) is 111 cm³/mol. The molecule has 1 unspecified atom stereocenters. The summed E-state index contributed by atoms with van der Waals surface area (Å²) in [4.78, 5) is 43.8. The van der Waals surface area contributed by atoms with Crippen molar-refractivity contribution in [2.45, 2.75) is 24.7 Å². The number of nitrogens with one attached hydrogen (secondary N) is 1. The van der Waals surface area contributed by atoms with Crippen LogP contribution in [0.1, 0.15) is 44.0 Å². The summed E-state index contributed by atoms with van der Waals surface area (Å²) in [6.45, 7) is 0.122. The molecule has 1 aromatic carbocycles. The number of carbonyl (C=O) groups is 2. The fraction of sp³-hybridized carbons (Fsp3) is 0.238. The number of hydrogen-bond donors (Lipinski definition) is 3. The van der Waals surface area contributed by atoms with Crippen molar-refractivity contribution in [2.24, 2.45) is 0 Å². The number of benzene rings is 1. The van der Waals surface area contributed by atoms with Gasteiger partial charge in [-0.05, 0) is 30.4 Å². The maximum absolute atomic E-state index is 13.7. The number of aromatic amines is 1. The van der Waals surface area contributed by atoms with E-state index in [2.05, 4.69) is 9.97 Å². The van der Waals surface area contributed by atoms with Crippen LogP contribution in [-0.4, -0.2) is 33.4 Å². The maximum Gasteiger partial charge on any atom is 0.338 e. The summed E-state index contributed by atoms with van der Waals surface area (Å²) >= 11 is 1.02. The highest BCUT2D eigenvalue weighted by Gasteiger charge is 2.46. The summed E-state index contributed by atoms with van der Waals surface area (Å²) in [5.74, 6) is -1.20. The van der Waals surface area contributed by atoms with E-state index in [1.807, 2.05) is 30.3 Å². The Hall–Kier alpha value is -3.46. The first-order valence-electron chi connectivity index (χ1n) is 9.34. The molecule has 0 saturated carbocycles. The Labute approximate surface area is 175 Å². The Morgan fingerprint density at radius 1 is 1.30 bits per heavy atom. The topological polar surface area (TPSA) is 135 Å². The van der Waals surface area contributed by atoms with Crippen molar-refractivity contribution in [3.05, 3.63) is 74.8 Å². The molecule has 0 amide bonds.